The molecule has 0 saturated heterocycles. The number of hydrogen-bond acceptors (Lipinski definition) is 4. The molecule has 2 rings (SSSR count). The molecule has 1 aromatic carbocycles. The summed E-state index contributed by atoms with van der Waals surface area (Å²) in [7, 11) is 0. The average Bonchev–Trinajstić information content (AvgIpc) is 2.40. The minimum atomic E-state index is -0.877. The van der Waals surface area contributed by atoms with E-state index in [9.17, 15) is 9.90 Å². The maximum atomic E-state index is 12.1. The zero-order valence-electron chi connectivity index (χ0n) is 11.5. The average molecular weight is 274 g/mol. The number of hydrogen-bond donors (Lipinski definition) is 2. The Morgan fingerprint density at radius 1 is 1.55 bits per heavy atom. The van der Waals surface area contributed by atoms with Crippen molar-refractivity contribution in [2.45, 2.75) is 32.8 Å². The molecular formula is C15H18N2O3. The maximum absolute atomic E-state index is 12.1. The highest BCUT2D eigenvalue weighted by molar-refractivity contribution is 5.98. The summed E-state index contributed by atoms with van der Waals surface area (Å²) >= 11 is 0. The van der Waals surface area contributed by atoms with E-state index in [-0.39, 0.29) is 12.5 Å². The van der Waals surface area contributed by atoms with Crippen LogP contribution < -0.4 is 10.1 Å². The lowest BCUT2D eigenvalue weighted by molar-refractivity contribution is -0.126. The second-order valence-electron chi connectivity index (χ2n) is 4.92. The van der Waals surface area contributed by atoms with Crippen LogP contribution in [0.15, 0.2) is 18.2 Å². The highest BCUT2D eigenvalue weighted by atomic mass is 16.5. The number of nitrogens with zero attached hydrogens (tertiary/aromatic N) is 1. The van der Waals surface area contributed by atoms with E-state index in [0.717, 1.165) is 6.42 Å². The Kier molecular flexibility index (Phi) is 4.26. The van der Waals surface area contributed by atoms with Crippen molar-refractivity contribution < 1.29 is 14.6 Å². The summed E-state index contributed by atoms with van der Waals surface area (Å²) in [6.07, 6.45) is 2.13. The normalized spacial score (nSPS) is 15.8. The first-order chi connectivity index (χ1) is 9.65. The molecule has 0 aromatic heterocycles. The third kappa shape index (κ3) is 2.61. The van der Waals surface area contributed by atoms with Crippen LogP contribution in [0.2, 0.25) is 0 Å². The number of carbonyl (C=O) groups excluding carboxylic acids is 1. The van der Waals surface area contributed by atoms with Crippen LogP contribution >= 0.6 is 0 Å². The van der Waals surface area contributed by atoms with Crippen molar-refractivity contribution in [1.82, 2.24) is 0 Å². The van der Waals surface area contributed by atoms with Crippen molar-refractivity contribution in [3.8, 4) is 11.8 Å². The number of anilines is 1. The lowest BCUT2D eigenvalue weighted by atomic mass is 9.69. The van der Waals surface area contributed by atoms with Gasteiger partial charge in [-0.1, -0.05) is 0 Å². The van der Waals surface area contributed by atoms with E-state index in [0.29, 0.717) is 36.4 Å². The van der Waals surface area contributed by atoms with Crippen LogP contribution in [0.3, 0.4) is 0 Å². The van der Waals surface area contributed by atoms with Gasteiger partial charge in [0.1, 0.15) is 11.2 Å². The Labute approximate surface area is 118 Å². The lowest BCUT2D eigenvalue weighted by Gasteiger charge is -2.33. The molecule has 0 unspecified atom stereocenters. The first kappa shape index (κ1) is 14.4. The minimum absolute atomic E-state index is 0.164. The number of aliphatic hydroxyl groups excluding tert-OH is 1. The zero-order chi connectivity index (χ0) is 14.6. The second kappa shape index (κ2) is 5.93. The fourth-order valence-electron chi connectivity index (χ4n) is 2.25. The highest BCUT2D eigenvalue weighted by Gasteiger charge is 2.44. The fourth-order valence-corrected chi connectivity index (χ4v) is 2.25. The summed E-state index contributed by atoms with van der Waals surface area (Å²) in [6, 6.07) is 7.21. The minimum Gasteiger partial charge on any atom is -0.494 e. The number of nitriles is 1. The molecule has 1 amide bonds. The highest BCUT2D eigenvalue weighted by Crippen LogP contribution is 2.41. The molecule has 0 spiro atoms. The van der Waals surface area contributed by atoms with Gasteiger partial charge in [0, 0.05) is 11.3 Å². The summed E-state index contributed by atoms with van der Waals surface area (Å²) in [5, 5.41) is 21.2. The first-order valence-electron chi connectivity index (χ1n) is 6.74. The van der Waals surface area contributed by atoms with Gasteiger partial charge in [-0.05, 0) is 44.4 Å². The summed E-state index contributed by atoms with van der Waals surface area (Å²) < 4.78 is 5.38. The van der Waals surface area contributed by atoms with Gasteiger partial charge in [0.15, 0.2) is 0 Å². The summed E-state index contributed by atoms with van der Waals surface area (Å²) in [5.41, 5.74) is 0.311. The lowest BCUT2D eigenvalue weighted by Crippen LogP contribution is -2.40. The third-order valence-electron chi connectivity index (χ3n) is 3.64. The standard InChI is InChI=1S/C15H18N2O3/c1-2-20-13-5-4-12(8-11(13)9-18)17-14(19)15(10-16)6-3-7-15/h4-5,8,18H,2-3,6-7,9H2,1H3,(H,17,19). The molecule has 1 aliphatic rings. The van der Waals surface area contributed by atoms with Gasteiger partial charge in [-0.3, -0.25) is 4.79 Å². The fraction of sp³-hybridized carbons (Fsp3) is 0.467. The first-order valence-corrected chi connectivity index (χ1v) is 6.74. The zero-order valence-corrected chi connectivity index (χ0v) is 11.5. The van der Waals surface area contributed by atoms with Crippen molar-refractivity contribution in [3.05, 3.63) is 23.8 Å². The number of nitrogens with one attached hydrogen (secondary N) is 1. The smallest absolute Gasteiger partial charge is 0.244 e. The molecule has 106 valence electrons. The van der Waals surface area contributed by atoms with E-state index < -0.39 is 5.41 Å². The van der Waals surface area contributed by atoms with Crippen LogP contribution in [0.4, 0.5) is 5.69 Å². The second-order valence-corrected chi connectivity index (χ2v) is 4.92. The largest absolute Gasteiger partial charge is 0.494 e. The van der Waals surface area contributed by atoms with Gasteiger partial charge < -0.3 is 15.2 Å². The van der Waals surface area contributed by atoms with Crippen molar-refractivity contribution in [3.63, 3.8) is 0 Å². The predicted molar refractivity (Wildman–Crippen MR) is 74.1 cm³/mol. The Bertz CT molecular complexity index is 545. The van der Waals surface area contributed by atoms with Crippen molar-refractivity contribution in [2.24, 2.45) is 5.41 Å². The summed E-state index contributed by atoms with van der Waals surface area (Å²) in [5.74, 6) is 0.339. The molecule has 5 nitrogen and oxygen atoms in total. The van der Waals surface area contributed by atoms with Crippen LogP contribution in [0.5, 0.6) is 5.75 Å². The van der Waals surface area contributed by atoms with Gasteiger partial charge in [-0.25, -0.2) is 0 Å². The van der Waals surface area contributed by atoms with Crippen molar-refractivity contribution in [1.29, 1.82) is 5.26 Å². The Morgan fingerprint density at radius 2 is 2.30 bits per heavy atom. The topological polar surface area (TPSA) is 82.3 Å². The van der Waals surface area contributed by atoms with Crippen LogP contribution in [-0.2, 0) is 11.4 Å². The quantitative estimate of drug-likeness (QED) is 0.862. The third-order valence-corrected chi connectivity index (χ3v) is 3.64. The molecule has 20 heavy (non-hydrogen) atoms. The van der Waals surface area contributed by atoms with Gasteiger partial charge >= 0.3 is 0 Å². The number of aliphatic hydroxyl groups is 1. The molecule has 0 bridgehead atoms. The molecule has 0 heterocycles. The number of amides is 1. The molecule has 0 atom stereocenters. The van der Waals surface area contributed by atoms with Crippen molar-refractivity contribution >= 4 is 11.6 Å². The number of ether oxygens (including phenoxy) is 1. The molecule has 5 heteroatoms. The SMILES string of the molecule is CCOc1ccc(NC(=O)C2(C#N)CCC2)cc1CO. The monoisotopic (exact) mass is 274 g/mol. The van der Waals surface area contributed by atoms with Crippen LogP contribution in [0, 0.1) is 16.7 Å². The molecule has 2 N–H and O–H groups in total. The number of rotatable bonds is 5. The number of carbonyl (C=O) groups is 1. The van der Waals surface area contributed by atoms with E-state index in [1.54, 1.807) is 18.2 Å². The van der Waals surface area contributed by atoms with E-state index in [2.05, 4.69) is 11.4 Å². The Morgan fingerprint density at radius 3 is 2.80 bits per heavy atom. The van der Waals surface area contributed by atoms with Gasteiger partial charge in [-0.2, -0.15) is 5.26 Å². The van der Waals surface area contributed by atoms with Crippen LogP contribution in [-0.4, -0.2) is 17.6 Å². The van der Waals surface area contributed by atoms with Gasteiger partial charge in [0.2, 0.25) is 5.91 Å². The van der Waals surface area contributed by atoms with Crippen molar-refractivity contribution in [2.75, 3.05) is 11.9 Å². The summed E-state index contributed by atoms with van der Waals surface area (Å²) in [6.45, 7) is 2.21. The van der Waals surface area contributed by atoms with E-state index >= 15 is 0 Å². The molecular weight excluding hydrogens is 256 g/mol. The summed E-state index contributed by atoms with van der Waals surface area (Å²) in [4.78, 5) is 12.1. The molecule has 0 aliphatic heterocycles. The van der Waals surface area contributed by atoms with Gasteiger partial charge in [0.05, 0.1) is 19.3 Å². The maximum Gasteiger partial charge on any atom is 0.244 e. The molecule has 0 radical (unpaired) electrons. The van der Waals surface area contributed by atoms with Crippen LogP contribution in [0.1, 0.15) is 31.7 Å². The predicted octanol–water partition coefficient (Wildman–Crippen LogP) is 2.21. The Hall–Kier alpha value is -2.06. The van der Waals surface area contributed by atoms with E-state index in [1.165, 1.54) is 0 Å². The Balaban J connectivity index is 2.14. The molecule has 1 aromatic rings. The van der Waals surface area contributed by atoms with Gasteiger partial charge in [0.25, 0.3) is 0 Å². The van der Waals surface area contributed by atoms with Crippen LogP contribution in [0.25, 0.3) is 0 Å². The van der Waals surface area contributed by atoms with Gasteiger partial charge in [-0.15, -0.1) is 0 Å². The molecule has 1 aliphatic carbocycles. The van der Waals surface area contributed by atoms with E-state index in [4.69, 9.17) is 10.00 Å². The number of benzene rings is 1. The molecule has 1 fully saturated rings. The molecule has 1 saturated carbocycles. The van der Waals surface area contributed by atoms with E-state index in [1.807, 2.05) is 6.92 Å².